The maximum absolute atomic E-state index is 10.9. The van der Waals surface area contributed by atoms with Gasteiger partial charge in [0.15, 0.2) is 5.96 Å². The van der Waals surface area contributed by atoms with Crippen molar-refractivity contribution in [2.45, 2.75) is 25.7 Å². The number of halogens is 1. The van der Waals surface area contributed by atoms with Crippen molar-refractivity contribution in [1.82, 2.24) is 0 Å². The van der Waals surface area contributed by atoms with Crippen molar-refractivity contribution >= 4 is 41.6 Å². The third-order valence-corrected chi connectivity index (χ3v) is 2.89. The van der Waals surface area contributed by atoms with E-state index in [2.05, 4.69) is 15.0 Å². The molecule has 0 unspecified atom stereocenters. The van der Waals surface area contributed by atoms with Gasteiger partial charge in [-0.15, -0.1) is 24.0 Å². The highest BCUT2D eigenvalue weighted by Crippen LogP contribution is 2.16. The molecule has 0 aliphatic rings. The summed E-state index contributed by atoms with van der Waals surface area (Å²) in [5.41, 5.74) is 6.64. The Hall–Kier alpha value is -1.51. The molecule has 0 aliphatic carbocycles. The minimum Gasteiger partial charge on any atom is -0.497 e. The Balaban J connectivity index is 0.00000441. The lowest BCUT2D eigenvalue weighted by atomic mass is 10.2. The quantitative estimate of drug-likeness (QED) is 0.222. The van der Waals surface area contributed by atoms with Gasteiger partial charge in [-0.1, -0.05) is 12.5 Å². The smallest absolute Gasteiger partial charge is 0.305 e. The number of hydrogen-bond donors (Lipinski definition) is 2. The van der Waals surface area contributed by atoms with Gasteiger partial charge in [0.05, 0.1) is 14.2 Å². The summed E-state index contributed by atoms with van der Waals surface area (Å²) in [7, 11) is 3.02. The summed E-state index contributed by atoms with van der Waals surface area (Å²) >= 11 is 0. The molecule has 0 saturated heterocycles. The fourth-order valence-electron chi connectivity index (χ4n) is 1.75. The average Bonchev–Trinajstić information content (AvgIpc) is 2.50. The number of carbonyl (C=O) groups is 1. The summed E-state index contributed by atoms with van der Waals surface area (Å²) in [5, 5.41) is 3.01. The molecule has 1 aromatic rings. The number of anilines is 1. The van der Waals surface area contributed by atoms with E-state index in [0.29, 0.717) is 18.9 Å². The van der Waals surface area contributed by atoms with E-state index in [0.717, 1.165) is 30.7 Å². The minimum atomic E-state index is -0.169. The molecule has 0 radical (unpaired) electrons. The van der Waals surface area contributed by atoms with Crippen LogP contribution in [0.4, 0.5) is 5.69 Å². The van der Waals surface area contributed by atoms with Gasteiger partial charge in [-0.2, -0.15) is 0 Å². The molecule has 0 atom stereocenters. The maximum Gasteiger partial charge on any atom is 0.305 e. The number of aliphatic imine (C=N–C) groups is 1. The predicted molar refractivity (Wildman–Crippen MR) is 99.0 cm³/mol. The fourth-order valence-corrected chi connectivity index (χ4v) is 1.75. The van der Waals surface area contributed by atoms with Crippen LogP contribution >= 0.6 is 24.0 Å². The lowest BCUT2D eigenvalue weighted by Crippen LogP contribution is -2.22. The van der Waals surface area contributed by atoms with Crippen molar-refractivity contribution in [1.29, 1.82) is 0 Å². The van der Waals surface area contributed by atoms with E-state index in [-0.39, 0.29) is 29.9 Å². The summed E-state index contributed by atoms with van der Waals surface area (Å²) < 4.78 is 9.71. The highest BCUT2D eigenvalue weighted by atomic mass is 127. The van der Waals surface area contributed by atoms with Crippen LogP contribution in [0.3, 0.4) is 0 Å². The van der Waals surface area contributed by atoms with Crippen LogP contribution in [-0.2, 0) is 9.53 Å². The number of esters is 1. The molecule has 0 amide bonds. The van der Waals surface area contributed by atoms with E-state index in [1.807, 2.05) is 24.3 Å². The Morgan fingerprint density at radius 2 is 2.05 bits per heavy atom. The van der Waals surface area contributed by atoms with Crippen LogP contribution < -0.4 is 15.8 Å². The van der Waals surface area contributed by atoms with Crippen LogP contribution in [0.15, 0.2) is 29.3 Å². The second kappa shape index (κ2) is 12.1. The van der Waals surface area contributed by atoms with Crippen LogP contribution in [0.5, 0.6) is 5.75 Å². The first-order chi connectivity index (χ1) is 10.2. The molecule has 0 heterocycles. The second-order valence-electron chi connectivity index (χ2n) is 4.51. The molecule has 1 rings (SSSR count). The standard InChI is InChI=1S/C15H23N3O3.HI/c1-20-13-8-6-7-12(11-13)18-15(16)17-10-5-3-4-9-14(19)21-2;/h6-8,11H,3-5,9-10H2,1-2H3,(H3,16,17,18);1H. The zero-order valence-corrected chi connectivity index (χ0v) is 15.3. The molecule has 0 spiro atoms. The first kappa shape index (κ1) is 20.5. The van der Waals surface area contributed by atoms with Crippen molar-refractivity contribution in [2.75, 3.05) is 26.1 Å². The highest BCUT2D eigenvalue weighted by Gasteiger charge is 1.99. The largest absolute Gasteiger partial charge is 0.497 e. The van der Waals surface area contributed by atoms with E-state index in [9.17, 15) is 4.79 Å². The number of unbranched alkanes of at least 4 members (excludes halogenated alkanes) is 2. The average molecular weight is 421 g/mol. The first-order valence-corrected chi connectivity index (χ1v) is 6.93. The number of benzene rings is 1. The Labute approximate surface area is 148 Å². The zero-order valence-electron chi connectivity index (χ0n) is 13.0. The van der Waals surface area contributed by atoms with Crippen molar-refractivity contribution < 1.29 is 14.3 Å². The van der Waals surface area contributed by atoms with E-state index < -0.39 is 0 Å². The lowest BCUT2D eigenvalue weighted by Gasteiger charge is -2.07. The summed E-state index contributed by atoms with van der Waals surface area (Å²) in [6, 6.07) is 7.47. The predicted octanol–water partition coefficient (Wildman–Crippen LogP) is 2.77. The van der Waals surface area contributed by atoms with Crippen LogP contribution in [-0.4, -0.2) is 32.7 Å². The normalized spacial score (nSPS) is 10.5. The van der Waals surface area contributed by atoms with Crippen molar-refractivity contribution in [3.63, 3.8) is 0 Å². The SMILES string of the molecule is COC(=O)CCCCCN=C(N)Nc1cccc(OC)c1.I. The number of ether oxygens (including phenoxy) is 2. The van der Waals surface area contributed by atoms with Crippen molar-refractivity contribution in [2.24, 2.45) is 10.7 Å². The van der Waals surface area contributed by atoms with E-state index in [1.165, 1.54) is 7.11 Å². The fraction of sp³-hybridized carbons (Fsp3) is 0.467. The van der Waals surface area contributed by atoms with Gasteiger partial charge in [-0.25, -0.2) is 0 Å². The van der Waals surface area contributed by atoms with Crippen molar-refractivity contribution in [3.05, 3.63) is 24.3 Å². The summed E-state index contributed by atoms with van der Waals surface area (Å²) in [6.07, 6.45) is 3.08. The van der Waals surface area contributed by atoms with Gasteiger partial charge in [-0.05, 0) is 25.0 Å². The molecule has 1 aromatic carbocycles. The second-order valence-corrected chi connectivity index (χ2v) is 4.51. The van der Waals surface area contributed by atoms with E-state index in [4.69, 9.17) is 10.5 Å². The number of nitrogens with two attached hydrogens (primary N) is 1. The van der Waals surface area contributed by atoms with E-state index in [1.54, 1.807) is 7.11 Å². The number of nitrogens with one attached hydrogen (secondary N) is 1. The van der Waals surface area contributed by atoms with Gasteiger partial charge in [0.1, 0.15) is 5.75 Å². The van der Waals surface area contributed by atoms with Crippen LogP contribution in [0.1, 0.15) is 25.7 Å². The Morgan fingerprint density at radius 3 is 2.73 bits per heavy atom. The first-order valence-electron chi connectivity index (χ1n) is 6.93. The number of methoxy groups -OCH3 is 2. The molecule has 0 aromatic heterocycles. The maximum atomic E-state index is 10.9. The van der Waals surface area contributed by atoms with Crippen LogP contribution in [0, 0.1) is 0 Å². The Morgan fingerprint density at radius 1 is 1.27 bits per heavy atom. The highest BCUT2D eigenvalue weighted by molar-refractivity contribution is 14.0. The molecule has 22 heavy (non-hydrogen) atoms. The molecule has 0 aliphatic heterocycles. The summed E-state index contributed by atoms with van der Waals surface area (Å²) in [4.78, 5) is 15.2. The number of carbonyl (C=O) groups excluding carboxylic acids is 1. The molecule has 0 saturated carbocycles. The molecule has 0 bridgehead atoms. The third-order valence-electron chi connectivity index (χ3n) is 2.89. The molecule has 6 nitrogen and oxygen atoms in total. The van der Waals surface area contributed by atoms with Gasteiger partial charge in [0.2, 0.25) is 0 Å². The van der Waals surface area contributed by atoms with Crippen molar-refractivity contribution in [3.8, 4) is 5.75 Å². The van der Waals surface area contributed by atoms with Gasteiger partial charge in [-0.3, -0.25) is 9.79 Å². The monoisotopic (exact) mass is 421 g/mol. The van der Waals surface area contributed by atoms with E-state index >= 15 is 0 Å². The number of nitrogens with zero attached hydrogens (tertiary/aromatic N) is 1. The lowest BCUT2D eigenvalue weighted by molar-refractivity contribution is -0.140. The third kappa shape index (κ3) is 8.71. The number of rotatable bonds is 8. The van der Waals surface area contributed by atoms with Gasteiger partial charge in [0, 0.05) is 24.7 Å². The molecule has 7 heteroatoms. The van der Waals surface area contributed by atoms with Crippen LogP contribution in [0.2, 0.25) is 0 Å². The Kier molecular flexibility index (Phi) is 11.2. The molecular weight excluding hydrogens is 397 g/mol. The van der Waals surface area contributed by atoms with Gasteiger partial charge < -0.3 is 20.5 Å². The van der Waals surface area contributed by atoms with Crippen LogP contribution in [0.25, 0.3) is 0 Å². The summed E-state index contributed by atoms with van der Waals surface area (Å²) in [6.45, 7) is 0.629. The molecule has 124 valence electrons. The Bertz CT molecular complexity index is 481. The molecule has 3 N–H and O–H groups in total. The summed E-state index contributed by atoms with van der Waals surface area (Å²) in [5.74, 6) is 0.963. The molecular formula is C15H24IN3O3. The van der Waals surface area contributed by atoms with Gasteiger partial charge >= 0.3 is 5.97 Å². The molecule has 0 fully saturated rings. The topological polar surface area (TPSA) is 85.9 Å². The number of guanidine groups is 1. The minimum absolute atomic E-state index is 0. The zero-order chi connectivity index (χ0) is 15.5. The number of hydrogen-bond acceptors (Lipinski definition) is 4. The van der Waals surface area contributed by atoms with Gasteiger partial charge in [0.25, 0.3) is 0 Å².